The zero-order valence-corrected chi connectivity index (χ0v) is 11.2. The van der Waals surface area contributed by atoms with Crippen LogP contribution in [-0.2, 0) is 0 Å². The van der Waals surface area contributed by atoms with Crippen molar-refractivity contribution >= 4 is 17.5 Å². The second-order valence-corrected chi connectivity index (χ2v) is 4.48. The Morgan fingerprint density at radius 3 is 2.37 bits per heavy atom. The lowest BCUT2D eigenvalue weighted by molar-refractivity contribution is 1.26. The van der Waals surface area contributed by atoms with E-state index in [-0.39, 0.29) is 5.57 Å². The molecule has 0 aliphatic rings. The monoisotopic (exact) mass is 265 g/mol. The van der Waals surface area contributed by atoms with E-state index >= 15 is 0 Å². The van der Waals surface area contributed by atoms with Crippen LogP contribution in [0.5, 0.6) is 0 Å². The summed E-state index contributed by atoms with van der Waals surface area (Å²) in [7, 11) is 0. The number of hydrogen-bond donors (Lipinski definition) is 2. The SMILES string of the molecule is Cc1[nH]c(-c2ccccc2)cc1C(S)=C(C#N)C#N. The van der Waals surface area contributed by atoms with Gasteiger partial charge in [-0.05, 0) is 18.6 Å². The third-order valence-corrected chi connectivity index (χ3v) is 3.28. The molecule has 2 aromatic rings. The Hall–Kier alpha value is -2.43. The second kappa shape index (κ2) is 5.48. The zero-order valence-electron chi connectivity index (χ0n) is 10.3. The highest BCUT2D eigenvalue weighted by molar-refractivity contribution is 7.90. The molecule has 0 saturated heterocycles. The number of hydrogen-bond acceptors (Lipinski definition) is 3. The van der Waals surface area contributed by atoms with E-state index in [1.165, 1.54) is 0 Å². The van der Waals surface area contributed by atoms with Gasteiger partial charge < -0.3 is 4.98 Å². The van der Waals surface area contributed by atoms with Crippen LogP contribution >= 0.6 is 12.6 Å². The molecule has 1 aromatic carbocycles. The third-order valence-electron chi connectivity index (χ3n) is 2.82. The molecule has 1 heterocycles. The number of benzene rings is 1. The highest BCUT2D eigenvalue weighted by Crippen LogP contribution is 2.29. The average Bonchev–Trinajstić information content (AvgIpc) is 2.83. The molecule has 1 aromatic heterocycles. The maximum Gasteiger partial charge on any atom is 0.143 e. The fourth-order valence-electron chi connectivity index (χ4n) is 1.84. The van der Waals surface area contributed by atoms with Crippen molar-refractivity contribution < 1.29 is 0 Å². The van der Waals surface area contributed by atoms with Crippen LogP contribution in [-0.4, -0.2) is 4.98 Å². The molecule has 0 fully saturated rings. The highest BCUT2D eigenvalue weighted by Gasteiger charge is 2.12. The fourth-order valence-corrected chi connectivity index (χ4v) is 2.18. The molecule has 0 amide bonds. The van der Waals surface area contributed by atoms with Gasteiger partial charge in [0, 0.05) is 21.9 Å². The summed E-state index contributed by atoms with van der Waals surface area (Å²) in [5.74, 6) is 0. The number of aromatic nitrogens is 1. The molecule has 92 valence electrons. The number of nitrogens with zero attached hydrogens (tertiary/aromatic N) is 2. The van der Waals surface area contributed by atoms with Gasteiger partial charge in [0.05, 0.1) is 0 Å². The van der Waals surface area contributed by atoms with E-state index in [4.69, 9.17) is 10.5 Å². The van der Waals surface area contributed by atoms with Crippen LogP contribution in [0.3, 0.4) is 0 Å². The predicted octanol–water partition coefficient (Wildman–Crippen LogP) is 3.68. The third kappa shape index (κ3) is 2.54. The molecule has 0 unspecified atom stereocenters. The van der Waals surface area contributed by atoms with Crippen molar-refractivity contribution in [1.82, 2.24) is 4.98 Å². The number of aryl methyl sites for hydroxylation is 1. The Balaban J connectivity index is 2.53. The maximum atomic E-state index is 8.88. The number of thiol groups is 1. The van der Waals surface area contributed by atoms with Crippen molar-refractivity contribution in [3.63, 3.8) is 0 Å². The van der Waals surface area contributed by atoms with Crippen LogP contribution in [0.2, 0.25) is 0 Å². The second-order valence-electron chi connectivity index (χ2n) is 4.03. The van der Waals surface area contributed by atoms with E-state index in [1.54, 1.807) is 0 Å². The van der Waals surface area contributed by atoms with Crippen LogP contribution in [0.25, 0.3) is 16.2 Å². The summed E-state index contributed by atoms with van der Waals surface area (Å²) in [6.45, 7) is 1.89. The summed E-state index contributed by atoms with van der Waals surface area (Å²) < 4.78 is 0. The van der Waals surface area contributed by atoms with Crippen LogP contribution in [0, 0.1) is 29.6 Å². The topological polar surface area (TPSA) is 63.4 Å². The summed E-state index contributed by atoms with van der Waals surface area (Å²) in [6.07, 6.45) is 0. The van der Waals surface area contributed by atoms with Crippen molar-refractivity contribution in [1.29, 1.82) is 10.5 Å². The van der Waals surface area contributed by atoms with Gasteiger partial charge in [-0.1, -0.05) is 30.3 Å². The standard InChI is InChI=1S/C15H11N3S/c1-10-13(15(19)12(8-16)9-17)7-14(18-10)11-5-3-2-4-6-11/h2-7,18-19H,1H3. The number of nitrogens with one attached hydrogen (secondary N) is 1. The van der Waals surface area contributed by atoms with Gasteiger partial charge in [0.2, 0.25) is 0 Å². The lowest BCUT2D eigenvalue weighted by Crippen LogP contribution is -1.83. The molecular weight excluding hydrogens is 254 g/mol. The van der Waals surface area contributed by atoms with Crippen LogP contribution in [0.1, 0.15) is 11.3 Å². The number of rotatable bonds is 2. The molecule has 4 heteroatoms. The largest absolute Gasteiger partial charge is 0.358 e. The van der Waals surface area contributed by atoms with E-state index in [0.717, 1.165) is 22.5 Å². The molecule has 0 atom stereocenters. The van der Waals surface area contributed by atoms with Gasteiger partial charge >= 0.3 is 0 Å². The molecule has 19 heavy (non-hydrogen) atoms. The van der Waals surface area contributed by atoms with Gasteiger partial charge in [-0.3, -0.25) is 0 Å². The van der Waals surface area contributed by atoms with Gasteiger partial charge in [0.15, 0.2) is 0 Å². The molecule has 0 aliphatic heterocycles. The minimum absolute atomic E-state index is 0.0186. The number of H-pyrrole nitrogens is 1. The summed E-state index contributed by atoms with van der Waals surface area (Å²) in [6, 6.07) is 15.5. The van der Waals surface area contributed by atoms with Gasteiger partial charge in [-0.15, -0.1) is 12.6 Å². The highest BCUT2D eigenvalue weighted by atomic mass is 32.1. The molecule has 3 nitrogen and oxygen atoms in total. The van der Waals surface area contributed by atoms with E-state index in [9.17, 15) is 0 Å². The predicted molar refractivity (Wildman–Crippen MR) is 78.1 cm³/mol. The van der Waals surface area contributed by atoms with Crippen molar-refractivity contribution in [2.24, 2.45) is 0 Å². The van der Waals surface area contributed by atoms with Gasteiger partial charge in [-0.25, -0.2) is 0 Å². The Morgan fingerprint density at radius 2 is 1.79 bits per heavy atom. The minimum Gasteiger partial charge on any atom is -0.358 e. The van der Waals surface area contributed by atoms with E-state index in [2.05, 4.69) is 17.6 Å². The first-order valence-electron chi connectivity index (χ1n) is 5.66. The van der Waals surface area contributed by atoms with Crippen LogP contribution < -0.4 is 0 Å². The van der Waals surface area contributed by atoms with Crippen molar-refractivity contribution in [3.05, 3.63) is 53.2 Å². The Labute approximate surface area is 117 Å². The first-order chi connectivity index (χ1) is 9.17. The summed E-state index contributed by atoms with van der Waals surface area (Å²) in [5, 5.41) is 17.8. The molecule has 0 spiro atoms. The van der Waals surface area contributed by atoms with E-state index in [0.29, 0.717) is 4.91 Å². The first kappa shape index (κ1) is 13.0. The van der Waals surface area contributed by atoms with Gasteiger partial charge in [0.1, 0.15) is 17.7 Å². The number of allylic oxidation sites excluding steroid dienone is 1. The van der Waals surface area contributed by atoms with E-state index < -0.39 is 0 Å². The fraction of sp³-hybridized carbons (Fsp3) is 0.0667. The normalized spacial score (nSPS) is 9.47. The van der Waals surface area contributed by atoms with E-state index in [1.807, 2.05) is 55.5 Å². The smallest absolute Gasteiger partial charge is 0.143 e. The first-order valence-corrected chi connectivity index (χ1v) is 6.11. The van der Waals surface area contributed by atoms with Gasteiger partial charge in [-0.2, -0.15) is 10.5 Å². The summed E-state index contributed by atoms with van der Waals surface area (Å²) in [5.41, 5.74) is 3.67. The minimum atomic E-state index is 0.0186. The molecule has 0 radical (unpaired) electrons. The lowest BCUT2D eigenvalue weighted by Gasteiger charge is -1.97. The van der Waals surface area contributed by atoms with Crippen molar-refractivity contribution in [2.75, 3.05) is 0 Å². The zero-order chi connectivity index (χ0) is 13.8. The maximum absolute atomic E-state index is 8.88. The Bertz CT molecular complexity index is 696. The average molecular weight is 265 g/mol. The molecular formula is C15H11N3S. The van der Waals surface area contributed by atoms with Crippen LogP contribution in [0.4, 0.5) is 0 Å². The molecule has 0 bridgehead atoms. The summed E-state index contributed by atoms with van der Waals surface area (Å²) in [4.78, 5) is 3.65. The lowest BCUT2D eigenvalue weighted by atomic mass is 10.1. The van der Waals surface area contributed by atoms with Gasteiger partial charge in [0.25, 0.3) is 0 Å². The van der Waals surface area contributed by atoms with Crippen molar-refractivity contribution in [2.45, 2.75) is 6.92 Å². The summed E-state index contributed by atoms with van der Waals surface area (Å²) >= 11 is 4.28. The molecule has 0 aliphatic carbocycles. The number of nitriles is 2. The quantitative estimate of drug-likeness (QED) is 0.642. The molecule has 1 N–H and O–H groups in total. The Kier molecular flexibility index (Phi) is 3.75. The molecule has 0 saturated carbocycles. The van der Waals surface area contributed by atoms with Crippen LogP contribution in [0.15, 0.2) is 42.0 Å². The van der Waals surface area contributed by atoms with Crippen molar-refractivity contribution in [3.8, 4) is 23.4 Å². The Morgan fingerprint density at radius 1 is 1.16 bits per heavy atom. The molecule has 2 rings (SSSR count). The number of aromatic amines is 1.